The van der Waals surface area contributed by atoms with Crippen molar-refractivity contribution in [3.8, 4) is 11.5 Å². The van der Waals surface area contributed by atoms with E-state index in [0.717, 1.165) is 12.2 Å². The second-order valence-corrected chi connectivity index (χ2v) is 2.64. The number of aromatic hydroxyl groups is 1. The zero-order valence-corrected chi connectivity index (χ0v) is 7.16. The van der Waals surface area contributed by atoms with E-state index in [1.54, 1.807) is 24.3 Å². The highest BCUT2D eigenvalue weighted by Gasteiger charge is 1.99. The maximum atomic E-state index is 8.98. The largest absolute Gasteiger partial charge is 0.508 e. The van der Waals surface area contributed by atoms with Crippen molar-refractivity contribution in [1.82, 2.24) is 0 Å². The average Bonchev–Trinajstić information content (AvgIpc) is 2.09. The van der Waals surface area contributed by atoms with Crippen LogP contribution in [-0.2, 0) is 0 Å². The maximum absolute atomic E-state index is 8.98. The minimum absolute atomic E-state index is 0.0189. The molecule has 1 N–H and O–H groups in total. The van der Waals surface area contributed by atoms with Gasteiger partial charge in [-0.1, -0.05) is 6.92 Å². The van der Waals surface area contributed by atoms with Gasteiger partial charge in [0.05, 0.1) is 6.10 Å². The Morgan fingerprint density at radius 3 is 2.50 bits per heavy atom. The minimum atomic E-state index is -0.0189. The van der Waals surface area contributed by atoms with Gasteiger partial charge in [0, 0.05) is 0 Å². The molecule has 0 aliphatic heterocycles. The summed E-state index contributed by atoms with van der Waals surface area (Å²) in [6.45, 7) is 5.80. The van der Waals surface area contributed by atoms with Crippen LogP contribution >= 0.6 is 0 Å². The smallest absolute Gasteiger partial charge is 0.119 e. The molecule has 0 aliphatic carbocycles. The summed E-state index contributed by atoms with van der Waals surface area (Å²) in [5, 5.41) is 8.98. The highest BCUT2D eigenvalue weighted by molar-refractivity contribution is 5.30. The first kappa shape index (κ1) is 8.91. The van der Waals surface area contributed by atoms with Crippen LogP contribution in [0.15, 0.2) is 24.3 Å². The lowest BCUT2D eigenvalue weighted by atomic mass is 10.3. The molecule has 65 valence electrons. The highest BCUT2D eigenvalue weighted by Crippen LogP contribution is 2.17. The van der Waals surface area contributed by atoms with Gasteiger partial charge in [-0.3, -0.25) is 0 Å². The van der Waals surface area contributed by atoms with Crippen LogP contribution < -0.4 is 4.74 Å². The normalized spacial score (nSPS) is 12.5. The van der Waals surface area contributed by atoms with Crippen molar-refractivity contribution in [2.75, 3.05) is 0 Å². The van der Waals surface area contributed by atoms with E-state index in [1.165, 1.54) is 0 Å². The molecule has 0 saturated carbocycles. The Labute approximate surface area is 72.8 Å². The van der Waals surface area contributed by atoms with Crippen molar-refractivity contribution in [3.05, 3.63) is 31.2 Å². The second-order valence-electron chi connectivity index (χ2n) is 2.64. The van der Waals surface area contributed by atoms with Crippen LogP contribution in [0.5, 0.6) is 11.5 Å². The van der Waals surface area contributed by atoms with Crippen LogP contribution in [0.2, 0.25) is 0 Å². The van der Waals surface area contributed by atoms with Crippen molar-refractivity contribution in [3.63, 3.8) is 0 Å². The lowest BCUT2D eigenvalue weighted by Gasteiger charge is -2.11. The Morgan fingerprint density at radius 2 is 2.00 bits per heavy atom. The fourth-order valence-corrected chi connectivity index (χ4v) is 0.800. The van der Waals surface area contributed by atoms with E-state index in [1.807, 2.05) is 6.92 Å². The summed E-state index contributed by atoms with van der Waals surface area (Å²) in [6.07, 6.45) is 0.857. The molecule has 0 aromatic heterocycles. The Hall–Kier alpha value is -1.18. The van der Waals surface area contributed by atoms with E-state index in [-0.39, 0.29) is 11.9 Å². The van der Waals surface area contributed by atoms with Gasteiger partial charge in [0.25, 0.3) is 0 Å². The molecule has 1 aromatic rings. The number of phenols is 1. The van der Waals surface area contributed by atoms with E-state index >= 15 is 0 Å². The zero-order valence-electron chi connectivity index (χ0n) is 7.16. The molecule has 2 heteroatoms. The van der Waals surface area contributed by atoms with Gasteiger partial charge in [-0.05, 0) is 37.6 Å². The van der Waals surface area contributed by atoms with E-state index in [0.29, 0.717) is 0 Å². The van der Waals surface area contributed by atoms with Gasteiger partial charge >= 0.3 is 0 Å². The van der Waals surface area contributed by atoms with Gasteiger partial charge in [0.2, 0.25) is 0 Å². The molecule has 1 radical (unpaired) electrons. The summed E-state index contributed by atoms with van der Waals surface area (Å²) >= 11 is 0. The average molecular weight is 165 g/mol. The standard InChI is InChI=1S/C10H13O2/c1-3-8(2)12-10-6-4-9(11)5-7-10/h4-8,11H,2-3H2,1H3/t8-/m1/s1. The van der Waals surface area contributed by atoms with Gasteiger partial charge in [-0.25, -0.2) is 0 Å². The number of benzene rings is 1. The molecular weight excluding hydrogens is 152 g/mol. The minimum Gasteiger partial charge on any atom is -0.508 e. The number of hydrogen-bond donors (Lipinski definition) is 1. The topological polar surface area (TPSA) is 29.5 Å². The summed E-state index contributed by atoms with van der Waals surface area (Å²) < 4.78 is 5.40. The van der Waals surface area contributed by atoms with Gasteiger partial charge in [0.1, 0.15) is 11.5 Å². The Morgan fingerprint density at radius 1 is 1.42 bits per heavy atom. The van der Waals surface area contributed by atoms with Crippen LogP contribution in [0, 0.1) is 6.92 Å². The molecule has 12 heavy (non-hydrogen) atoms. The molecule has 1 atom stereocenters. The number of rotatable bonds is 3. The molecule has 0 bridgehead atoms. The SMILES string of the molecule is [CH2][C@H](CC)Oc1ccc(O)cc1. The summed E-state index contributed by atoms with van der Waals surface area (Å²) in [4.78, 5) is 0. The third-order valence-corrected chi connectivity index (χ3v) is 1.59. The van der Waals surface area contributed by atoms with Crippen LogP contribution in [0.4, 0.5) is 0 Å². The second kappa shape index (κ2) is 4.00. The summed E-state index contributed by atoms with van der Waals surface area (Å²) in [5.74, 6) is 0.995. The summed E-state index contributed by atoms with van der Waals surface area (Å²) in [7, 11) is 0. The number of phenolic OH excluding ortho intramolecular Hbond substituents is 1. The predicted molar refractivity (Wildman–Crippen MR) is 48.2 cm³/mol. The van der Waals surface area contributed by atoms with Gasteiger partial charge in [-0.15, -0.1) is 0 Å². The quantitative estimate of drug-likeness (QED) is 0.745. The van der Waals surface area contributed by atoms with Crippen LogP contribution in [-0.4, -0.2) is 11.2 Å². The molecular formula is C10H13O2. The van der Waals surface area contributed by atoms with Gasteiger partial charge in [0.15, 0.2) is 0 Å². The molecule has 0 saturated heterocycles. The van der Waals surface area contributed by atoms with Crippen molar-refractivity contribution < 1.29 is 9.84 Å². The first-order chi connectivity index (χ1) is 5.72. The van der Waals surface area contributed by atoms with Crippen LogP contribution in [0.25, 0.3) is 0 Å². The maximum Gasteiger partial charge on any atom is 0.119 e. The van der Waals surface area contributed by atoms with Gasteiger partial charge < -0.3 is 9.84 Å². The first-order valence-corrected chi connectivity index (χ1v) is 4.01. The van der Waals surface area contributed by atoms with Crippen LogP contribution in [0.1, 0.15) is 13.3 Å². The zero-order chi connectivity index (χ0) is 8.97. The lowest BCUT2D eigenvalue weighted by Crippen LogP contribution is -2.09. The first-order valence-electron chi connectivity index (χ1n) is 4.01. The van der Waals surface area contributed by atoms with Gasteiger partial charge in [-0.2, -0.15) is 0 Å². The van der Waals surface area contributed by atoms with Crippen molar-refractivity contribution in [2.24, 2.45) is 0 Å². The van der Waals surface area contributed by atoms with E-state index in [2.05, 4.69) is 6.92 Å². The monoisotopic (exact) mass is 165 g/mol. The molecule has 0 spiro atoms. The Balaban J connectivity index is 2.58. The number of ether oxygens (including phenoxy) is 1. The molecule has 0 aliphatic rings. The molecule has 1 rings (SSSR count). The summed E-state index contributed by atoms with van der Waals surface area (Å²) in [5.41, 5.74) is 0. The van der Waals surface area contributed by atoms with E-state index in [9.17, 15) is 0 Å². The van der Waals surface area contributed by atoms with Crippen molar-refractivity contribution in [2.45, 2.75) is 19.4 Å². The molecule has 0 fully saturated rings. The molecule has 0 amide bonds. The van der Waals surface area contributed by atoms with E-state index < -0.39 is 0 Å². The lowest BCUT2D eigenvalue weighted by molar-refractivity contribution is 0.242. The fraction of sp³-hybridized carbons (Fsp3) is 0.300. The Kier molecular flexibility index (Phi) is 2.97. The fourth-order valence-electron chi connectivity index (χ4n) is 0.800. The molecule has 0 heterocycles. The van der Waals surface area contributed by atoms with E-state index in [4.69, 9.17) is 9.84 Å². The molecule has 2 nitrogen and oxygen atoms in total. The Bertz CT molecular complexity index is 228. The van der Waals surface area contributed by atoms with Crippen LogP contribution in [0.3, 0.4) is 0 Å². The predicted octanol–water partition coefficient (Wildman–Crippen LogP) is 2.38. The molecule has 1 aromatic carbocycles. The van der Waals surface area contributed by atoms with Crippen molar-refractivity contribution >= 4 is 0 Å². The summed E-state index contributed by atoms with van der Waals surface area (Å²) in [6, 6.07) is 6.64. The number of hydrogen-bond acceptors (Lipinski definition) is 2. The van der Waals surface area contributed by atoms with Crippen molar-refractivity contribution in [1.29, 1.82) is 0 Å². The molecule has 0 unspecified atom stereocenters. The third kappa shape index (κ3) is 2.46. The highest BCUT2D eigenvalue weighted by atomic mass is 16.5. The third-order valence-electron chi connectivity index (χ3n) is 1.59.